The molecule has 0 heterocycles. The molecule has 0 spiro atoms. The predicted octanol–water partition coefficient (Wildman–Crippen LogP) is 4.61. The maximum Gasteiger partial charge on any atom is 0.227 e. The highest BCUT2D eigenvalue weighted by Gasteiger charge is 2.25. The van der Waals surface area contributed by atoms with E-state index in [1.807, 2.05) is 25.1 Å². The van der Waals surface area contributed by atoms with Crippen LogP contribution in [0.1, 0.15) is 57.9 Å². The highest BCUT2D eigenvalue weighted by molar-refractivity contribution is 5.92. The van der Waals surface area contributed by atoms with E-state index in [4.69, 9.17) is 4.74 Å². The Hall–Kier alpha value is -1.95. The van der Waals surface area contributed by atoms with E-state index in [1.54, 1.807) is 7.11 Å². The molecule has 3 nitrogen and oxygen atoms in total. The summed E-state index contributed by atoms with van der Waals surface area (Å²) >= 11 is 0. The molecule has 0 radical (unpaired) electrons. The van der Waals surface area contributed by atoms with Gasteiger partial charge in [-0.2, -0.15) is 0 Å². The average molecular weight is 313 g/mol. The number of ether oxygens (including phenoxy) is 1. The molecule has 1 aromatic rings. The quantitative estimate of drug-likeness (QED) is 0.824. The van der Waals surface area contributed by atoms with Crippen LogP contribution < -0.4 is 10.1 Å². The van der Waals surface area contributed by atoms with Gasteiger partial charge in [0.2, 0.25) is 5.91 Å². The molecule has 1 saturated carbocycles. The third kappa shape index (κ3) is 4.76. The maximum atomic E-state index is 12.5. The second-order valence-electron chi connectivity index (χ2n) is 6.19. The lowest BCUT2D eigenvalue weighted by Gasteiger charge is -2.27. The molecular formula is C20H27NO2. The monoisotopic (exact) mass is 313 g/mol. The molecule has 1 N–H and O–H groups in total. The van der Waals surface area contributed by atoms with Crippen molar-refractivity contribution in [2.45, 2.75) is 52.4 Å². The molecular weight excluding hydrogens is 286 g/mol. The lowest BCUT2D eigenvalue weighted by Crippen LogP contribution is -2.27. The van der Waals surface area contributed by atoms with Crippen LogP contribution in [0.4, 0.5) is 5.69 Å². The molecule has 23 heavy (non-hydrogen) atoms. The molecule has 0 atom stereocenters. The van der Waals surface area contributed by atoms with Crippen molar-refractivity contribution in [1.82, 2.24) is 0 Å². The summed E-state index contributed by atoms with van der Waals surface area (Å²) in [6.07, 6.45) is 6.37. The Bertz CT molecular complexity index is 589. The van der Waals surface area contributed by atoms with Crippen LogP contribution in [0.5, 0.6) is 5.75 Å². The first-order valence-corrected chi connectivity index (χ1v) is 8.65. The second kappa shape index (κ2) is 8.62. The van der Waals surface area contributed by atoms with E-state index in [2.05, 4.69) is 24.1 Å². The minimum Gasteiger partial charge on any atom is -0.495 e. The number of nitrogens with one attached hydrogen (secondary N) is 1. The number of benzene rings is 1. The van der Waals surface area contributed by atoms with E-state index in [1.165, 1.54) is 19.3 Å². The largest absolute Gasteiger partial charge is 0.495 e. The summed E-state index contributed by atoms with van der Waals surface area (Å²) in [4.78, 5) is 12.5. The Balaban J connectivity index is 2.03. The van der Waals surface area contributed by atoms with Crippen LogP contribution in [0.25, 0.3) is 0 Å². The van der Waals surface area contributed by atoms with Gasteiger partial charge in [0.1, 0.15) is 5.75 Å². The molecule has 2 rings (SSSR count). The molecule has 1 aliphatic carbocycles. The highest BCUT2D eigenvalue weighted by atomic mass is 16.5. The molecule has 0 saturated heterocycles. The number of rotatable bonds is 4. The first-order valence-electron chi connectivity index (χ1n) is 8.65. The van der Waals surface area contributed by atoms with Crippen molar-refractivity contribution in [3.8, 4) is 17.6 Å². The van der Waals surface area contributed by atoms with Crippen molar-refractivity contribution in [2.24, 2.45) is 11.8 Å². The SMILES string of the molecule is CCC#Cc1cc(NC(=O)C2CCC(CC)CC2)ccc1OC. The summed E-state index contributed by atoms with van der Waals surface area (Å²) < 4.78 is 5.33. The second-order valence-corrected chi connectivity index (χ2v) is 6.19. The number of hydrogen-bond acceptors (Lipinski definition) is 2. The van der Waals surface area contributed by atoms with Crippen LogP contribution in [-0.2, 0) is 4.79 Å². The van der Waals surface area contributed by atoms with E-state index in [9.17, 15) is 4.79 Å². The minimum absolute atomic E-state index is 0.138. The zero-order valence-electron chi connectivity index (χ0n) is 14.4. The third-order valence-corrected chi connectivity index (χ3v) is 4.66. The summed E-state index contributed by atoms with van der Waals surface area (Å²) in [6.45, 7) is 4.25. The average Bonchev–Trinajstić information content (AvgIpc) is 2.60. The Labute approximate surface area is 139 Å². The molecule has 3 heteroatoms. The number of carbonyl (C=O) groups is 1. The van der Waals surface area contributed by atoms with Crippen molar-refractivity contribution in [1.29, 1.82) is 0 Å². The molecule has 0 unspecified atom stereocenters. The van der Waals surface area contributed by atoms with Crippen molar-refractivity contribution in [3.63, 3.8) is 0 Å². The van der Waals surface area contributed by atoms with Crippen LogP contribution in [0, 0.1) is 23.7 Å². The Morgan fingerprint density at radius 1 is 1.26 bits per heavy atom. The van der Waals surface area contributed by atoms with E-state index < -0.39 is 0 Å². The molecule has 1 amide bonds. The normalized spacial score (nSPS) is 20.3. The minimum atomic E-state index is 0.138. The summed E-state index contributed by atoms with van der Waals surface area (Å²) in [5.74, 6) is 7.97. The maximum absolute atomic E-state index is 12.5. The van der Waals surface area contributed by atoms with Gasteiger partial charge in [-0.1, -0.05) is 32.1 Å². The van der Waals surface area contributed by atoms with Crippen molar-refractivity contribution >= 4 is 11.6 Å². The van der Waals surface area contributed by atoms with Gasteiger partial charge < -0.3 is 10.1 Å². The smallest absolute Gasteiger partial charge is 0.227 e. The predicted molar refractivity (Wildman–Crippen MR) is 94.5 cm³/mol. The van der Waals surface area contributed by atoms with Crippen LogP contribution in [0.3, 0.4) is 0 Å². The van der Waals surface area contributed by atoms with Gasteiger partial charge in [-0.25, -0.2) is 0 Å². The molecule has 1 fully saturated rings. The van der Waals surface area contributed by atoms with Gasteiger partial charge in [0, 0.05) is 18.0 Å². The highest BCUT2D eigenvalue weighted by Crippen LogP contribution is 2.31. The fraction of sp³-hybridized carbons (Fsp3) is 0.550. The van der Waals surface area contributed by atoms with E-state index in [0.717, 1.165) is 42.2 Å². The Morgan fingerprint density at radius 2 is 2.00 bits per heavy atom. The van der Waals surface area contributed by atoms with Crippen molar-refractivity contribution in [3.05, 3.63) is 23.8 Å². The Morgan fingerprint density at radius 3 is 2.61 bits per heavy atom. The topological polar surface area (TPSA) is 38.3 Å². The van der Waals surface area contributed by atoms with Crippen molar-refractivity contribution < 1.29 is 9.53 Å². The fourth-order valence-corrected chi connectivity index (χ4v) is 3.14. The zero-order chi connectivity index (χ0) is 16.7. The first kappa shape index (κ1) is 17.4. The van der Waals surface area contributed by atoms with Gasteiger partial charge in [0.15, 0.2) is 0 Å². The lowest BCUT2D eigenvalue weighted by molar-refractivity contribution is -0.121. The first-order chi connectivity index (χ1) is 11.2. The zero-order valence-corrected chi connectivity index (χ0v) is 14.4. The van der Waals surface area contributed by atoms with Gasteiger partial charge in [0.05, 0.1) is 12.7 Å². The number of amides is 1. The van der Waals surface area contributed by atoms with Crippen molar-refractivity contribution in [2.75, 3.05) is 12.4 Å². The lowest BCUT2D eigenvalue weighted by atomic mass is 9.80. The molecule has 0 aliphatic heterocycles. The van der Waals surface area contributed by atoms with Crippen LogP contribution in [-0.4, -0.2) is 13.0 Å². The van der Waals surface area contributed by atoms with E-state index in [-0.39, 0.29) is 11.8 Å². The van der Waals surface area contributed by atoms with Gasteiger partial charge in [-0.05, 0) is 49.8 Å². The number of methoxy groups -OCH3 is 1. The van der Waals surface area contributed by atoms with E-state index in [0.29, 0.717) is 0 Å². The van der Waals surface area contributed by atoms with Crippen LogP contribution in [0.2, 0.25) is 0 Å². The summed E-state index contributed by atoms with van der Waals surface area (Å²) in [7, 11) is 1.64. The van der Waals surface area contributed by atoms with Crippen LogP contribution in [0.15, 0.2) is 18.2 Å². The van der Waals surface area contributed by atoms with Gasteiger partial charge >= 0.3 is 0 Å². The molecule has 0 bridgehead atoms. The molecule has 1 aromatic carbocycles. The summed E-state index contributed by atoms with van der Waals surface area (Å²) in [5.41, 5.74) is 1.62. The van der Waals surface area contributed by atoms with Gasteiger partial charge in [-0.15, -0.1) is 0 Å². The number of hydrogen-bond donors (Lipinski definition) is 1. The molecule has 124 valence electrons. The summed E-state index contributed by atoms with van der Waals surface area (Å²) in [5, 5.41) is 3.05. The standard InChI is InChI=1S/C20H27NO2/c1-4-6-7-17-14-18(12-13-19(17)23-3)21-20(22)16-10-8-15(5-2)9-11-16/h12-16H,4-5,8-11H2,1-3H3,(H,21,22). The van der Waals surface area contributed by atoms with Gasteiger partial charge in [-0.3, -0.25) is 4.79 Å². The number of carbonyl (C=O) groups excluding carboxylic acids is 1. The molecule has 1 aliphatic rings. The number of anilines is 1. The van der Waals surface area contributed by atoms with Crippen LogP contribution >= 0.6 is 0 Å². The third-order valence-electron chi connectivity index (χ3n) is 4.66. The Kier molecular flexibility index (Phi) is 6.52. The fourth-order valence-electron chi connectivity index (χ4n) is 3.14. The molecule has 0 aromatic heterocycles. The summed E-state index contributed by atoms with van der Waals surface area (Å²) in [6, 6.07) is 5.64. The van der Waals surface area contributed by atoms with Gasteiger partial charge in [0.25, 0.3) is 0 Å². The van der Waals surface area contributed by atoms with E-state index >= 15 is 0 Å².